The molecule has 0 amide bonds. The van der Waals surface area contributed by atoms with Crippen LogP contribution in [0.2, 0.25) is 0 Å². The van der Waals surface area contributed by atoms with Gasteiger partial charge in [0.2, 0.25) is 0 Å². The summed E-state index contributed by atoms with van der Waals surface area (Å²) in [5, 5.41) is 5.14. The summed E-state index contributed by atoms with van der Waals surface area (Å²) >= 11 is 0. The van der Waals surface area contributed by atoms with Crippen molar-refractivity contribution in [2.45, 2.75) is 25.2 Å². The van der Waals surface area contributed by atoms with Crippen molar-refractivity contribution in [3.8, 4) is 5.75 Å². The molecule has 1 saturated heterocycles. The van der Waals surface area contributed by atoms with Crippen LogP contribution in [-0.4, -0.2) is 36.3 Å². The van der Waals surface area contributed by atoms with Gasteiger partial charge in [0.1, 0.15) is 11.6 Å². The number of hydrogen-bond donors (Lipinski definition) is 1. The van der Waals surface area contributed by atoms with E-state index >= 15 is 0 Å². The minimum atomic E-state index is -0.292. The highest BCUT2D eigenvalue weighted by atomic mass is 35.5. The molecule has 0 atom stereocenters. The maximum atomic E-state index is 13.3. The number of hydrogen-bond acceptors (Lipinski definition) is 5. The van der Waals surface area contributed by atoms with Crippen LogP contribution in [0.5, 0.6) is 5.75 Å². The molecule has 0 unspecified atom stereocenters. The van der Waals surface area contributed by atoms with Crippen molar-refractivity contribution in [1.29, 1.82) is 0 Å². The van der Waals surface area contributed by atoms with Crippen molar-refractivity contribution in [2.75, 3.05) is 32.0 Å². The molecular weight excluding hydrogens is 381 g/mol. The maximum Gasteiger partial charge on any atom is 0.170 e. The number of ether oxygens (including phenoxy) is 1. The Kier molecular flexibility index (Phi) is 6.75. The van der Waals surface area contributed by atoms with Crippen LogP contribution >= 0.6 is 12.4 Å². The van der Waals surface area contributed by atoms with E-state index in [4.69, 9.17) is 15.0 Å². The monoisotopic (exact) mass is 405 g/mol. The van der Waals surface area contributed by atoms with Crippen molar-refractivity contribution in [3.63, 3.8) is 0 Å². The number of fused-ring (bicyclic) bond motifs is 1. The lowest BCUT2D eigenvalue weighted by Gasteiger charge is -2.31. The van der Waals surface area contributed by atoms with Gasteiger partial charge in [-0.15, -0.1) is 12.4 Å². The predicted molar refractivity (Wildman–Crippen MR) is 111 cm³/mol. The Bertz CT molecular complexity index is 910. The predicted octanol–water partition coefficient (Wildman–Crippen LogP) is 4.62. The molecule has 2 aromatic carbocycles. The van der Waals surface area contributed by atoms with E-state index in [9.17, 15) is 4.39 Å². The molecule has 5 nitrogen and oxygen atoms in total. The first-order valence-corrected chi connectivity index (χ1v) is 9.45. The fourth-order valence-electron chi connectivity index (χ4n) is 3.74. The van der Waals surface area contributed by atoms with E-state index in [1.54, 1.807) is 6.07 Å². The third kappa shape index (κ3) is 4.56. The van der Waals surface area contributed by atoms with E-state index in [-0.39, 0.29) is 18.2 Å². The number of likely N-dealkylation sites (tertiary alicyclic amines) is 1. The minimum absolute atomic E-state index is 0. The number of nitrogen functional groups attached to an aromatic ring is 1. The minimum Gasteiger partial charge on any atom is -0.491 e. The van der Waals surface area contributed by atoms with Crippen LogP contribution in [0, 0.1) is 5.82 Å². The summed E-state index contributed by atoms with van der Waals surface area (Å²) in [7, 11) is 0. The number of anilines is 1. The van der Waals surface area contributed by atoms with E-state index in [1.807, 2.05) is 24.3 Å². The first-order valence-electron chi connectivity index (χ1n) is 9.45. The number of nitrogens with zero attached hydrogens (tertiary/aromatic N) is 2. The summed E-state index contributed by atoms with van der Waals surface area (Å²) in [6.45, 7) is 3.71. The standard InChI is InChI=1S/C21H24FN3O2.ClH/c22-16-6-7-17-20(14-16)27-24-21(17)15-8-11-25(12-9-15)10-3-13-26-19-5-2-1-4-18(19)23;/h1-2,4-7,14-15H,3,8-13,23H2;1H. The van der Waals surface area contributed by atoms with Gasteiger partial charge in [-0.05, 0) is 56.6 Å². The maximum absolute atomic E-state index is 13.3. The van der Waals surface area contributed by atoms with Crippen LogP contribution in [0.3, 0.4) is 0 Å². The molecule has 4 rings (SSSR count). The molecule has 0 aliphatic carbocycles. The average Bonchev–Trinajstić information content (AvgIpc) is 3.10. The average molecular weight is 406 g/mol. The molecule has 3 aromatic rings. The van der Waals surface area contributed by atoms with E-state index in [0.717, 1.165) is 55.7 Å². The quantitative estimate of drug-likeness (QED) is 0.479. The summed E-state index contributed by atoms with van der Waals surface area (Å²) in [5.74, 6) is 0.832. The molecule has 2 N–H and O–H groups in total. The molecule has 2 heterocycles. The number of benzene rings is 2. The van der Waals surface area contributed by atoms with Crippen LogP contribution in [0.15, 0.2) is 47.0 Å². The van der Waals surface area contributed by atoms with Gasteiger partial charge in [0.15, 0.2) is 5.58 Å². The highest BCUT2D eigenvalue weighted by molar-refractivity contribution is 5.85. The zero-order valence-electron chi connectivity index (χ0n) is 15.6. The normalized spacial score (nSPS) is 15.5. The zero-order valence-corrected chi connectivity index (χ0v) is 16.5. The van der Waals surface area contributed by atoms with Gasteiger partial charge in [0.05, 0.1) is 18.0 Å². The van der Waals surface area contributed by atoms with Crippen molar-refractivity contribution < 1.29 is 13.7 Å². The van der Waals surface area contributed by atoms with Gasteiger partial charge >= 0.3 is 0 Å². The summed E-state index contributed by atoms with van der Waals surface area (Å²) < 4.78 is 24.4. The Morgan fingerprint density at radius 1 is 1.18 bits per heavy atom. The smallest absolute Gasteiger partial charge is 0.170 e. The number of rotatable bonds is 6. The SMILES string of the molecule is Cl.Nc1ccccc1OCCCN1CCC(c2noc3cc(F)ccc23)CC1. The van der Waals surface area contributed by atoms with E-state index in [1.165, 1.54) is 12.1 Å². The van der Waals surface area contributed by atoms with Crippen LogP contribution in [0.1, 0.15) is 30.9 Å². The van der Waals surface area contributed by atoms with Crippen molar-refractivity contribution in [2.24, 2.45) is 0 Å². The van der Waals surface area contributed by atoms with Gasteiger partial charge in [0, 0.05) is 23.9 Å². The molecule has 0 bridgehead atoms. The molecule has 1 fully saturated rings. The molecule has 150 valence electrons. The van der Waals surface area contributed by atoms with Crippen molar-refractivity contribution >= 4 is 29.1 Å². The van der Waals surface area contributed by atoms with Crippen LogP contribution in [-0.2, 0) is 0 Å². The fraction of sp³-hybridized carbons (Fsp3) is 0.381. The molecule has 0 radical (unpaired) electrons. The Balaban J connectivity index is 0.00000225. The second kappa shape index (κ2) is 9.26. The van der Waals surface area contributed by atoms with E-state index in [0.29, 0.717) is 23.8 Å². The first-order chi connectivity index (χ1) is 13.2. The Morgan fingerprint density at radius 3 is 2.75 bits per heavy atom. The Morgan fingerprint density at radius 2 is 1.96 bits per heavy atom. The zero-order chi connectivity index (χ0) is 18.6. The third-order valence-corrected chi connectivity index (χ3v) is 5.23. The number of piperidine rings is 1. The van der Waals surface area contributed by atoms with Crippen LogP contribution in [0.25, 0.3) is 11.0 Å². The van der Waals surface area contributed by atoms with Gasteiger partial charge < -0.3 is 19.9 Å². The van der Waals surface area contributed by atoms with Crippen molar-refractivity contribution in [3.05, 3.63) is 54.0 Å². The molecule has 7 heteroatoms. The summed E-state index contributed by atoms with van der Waals surface area (Å²) in [4.78, 5) is 2.45. The highest BCUT2D eigenvalue weighted by Crippen LogP contribution is 2.32. The molecule has 0 saturated carbocycles. The largest absolute Gasteiger partial charge is 0.491 e. The second-order valence-corrected chi connectivity index (χ2v) is 7.06. The lowest BCUT2D eigenvalue weighted by molar-refractivity contribution is 0.191. The molecule has 1 aliphatic heterocycles. The van der Waals surface area contributed by atoms with Gasteiger partial charge in [-0.25, -0.2) is 4.39 Å². The summed E-state index contributed by atoms with van der Waals surface area (Å²) in [6.07, 6.45) is 3.03. The molecular formula is C21H25ClFN3O2. The van der Waals surface area contributed by atoms with Crippen LogP contribution in [0.4, 0.5) is 10.1 Å². The molecule has 0 spiro atoms. The Hall–Kier alpha value is -2.31. The molecule has 1 aliphatic rings. The second-order valence-electron chi connectivity index (χ2n) is 7.06. The lowest BCUT2D eigenvalue weighted by Crippen LogP contribution is -2.34. The van der Waals surface area contributed by atoms with Crippen LogP contribution < -0.4 is 10.5 Å². The number of halogens is 2. The first kappa shape index (κ1) is 20.4. The van der Waals surface area contributed by atoms with E-state index < -0.39 is 0 Å². The Labute approximate surface area is 170 Å². The summed E-state index contributed by atoms with van der Waals surface area (Å²) in [5.41, 5.74) is 8.06. The van der Waals surface area contributed by atoms with Gasteiger partial charge in [-0.2, -0.15) is 0 Å². The van der Waals surface area contributed by atoms with Gasteiger partial charge in [-0.1, -0.05) is 17.3 Å². The number of para-hydroxylation sites is 2. The highest BCUT2D eigenvalue weighted by Gasteiger charge is 2.24. The van der Waals surface area contributed by atoms with E-state index in [2.05, 4.69) is 10.1 Å². The number of aromatic nitrogens is 1. The van der Waals surface area contributed by atoms with Gasteiger partial charge in [0.25, 0.3) is 0 Å². The lowest BCUT2D eigenvalue weighted by atomic mass is 9.91. The molecule has 28 heavy (non-hydrogen) atoms. The fourth-order valence-corrected chi connectivity index (χ4v) is 3.74. The molecule has 1 aromatic heterocycles. The topological polar surface area (TPSA) is 64.5 Å². The van der Waals surface area contributed by atoms with Gasteiger partial charge in [-0.3, -0.25) is 0 Å². The van der Waals surface area contributed by atoms with Crippen molar-refractivity contribution in [1.82, 2.24) is 10.1 Å². The third-order valence-electron chi connectivity index (χ3n) is 5.23. The summed E-state index contributed by atoms with van der Waals surface area (Å²) in [6, 6.07) is 12.2. The number of nitrogens with two attached hydrogens (primary N) is 1.